The zero-order chi connectivity index (χ0) is 15.6. The van der Waals surface area contributed by atoms with Gasteiger partial charge in [-0.05, 0) is 17.7 Å². The van der Waals surface area contributed by atoms with E-state index in [9.17, 15) is 13.2 Å². The molecular weight excluding hydrogens is 288 g/mol. The molecule has 0 spiro atoms. The van der Waals surface area contributed by atoms with Gasteiger partial charge in [-0.2, -0.15) is 4.31 Å². The number of nitrogens with zero attached hydrogens (tertiary/aromatic N) is 2. The molecule has 1 unspecified atom stereocenters. The maximum atomic E-state index is 12.4. The Kier molecular flexibility index (Phi) is 4.68. The number of likely N-dealkylation sites (N-methyl/N-ethyl adjacent to an activating group) is 1. The van der Waals surface area contributed by atoms with Crippen molar-refractivity contribution in [2.75, 3.05) is 26.7 Å². The van der Waals surface area contributed by atoms with Gasteiger partial charge in [0.25, 0.3) is 0 Å². The standard InChI is InChI=1S/C15H22N2O3S/c1-4-17(5-2)21(19,20)14-8-6-12(7-9-14)13-10-15(18)16(3)11-13/h6-9,13H,4-5,10-11H2,1-3H3. The molecule has 1 amide bonds. The summed E-state index contributed by atoms with van der Waals surface area (Å²) in [6.07, 6.45) is 0.499. The molecule has 0 bridgehead atoms. The summed E-state index contributed by atoms with van der Waals surface area (Å²) in [6, 6.07) is 6.94. The van der Waals surface area contributed by atoms with Gasteiger partial charge in [0.2, 0.25) is 15.9 Å². The number of sulfonamides is 1. The molecule has 0 saturated carbocycles. The maximum Gasteiger partial charge on any atom is 0.243 e. The van der Waals surface area contributed by atoms with E-state index in [0.29, 0.717) is 31.0 Å². The molecule has 21 heavy (non-hydrogen) atoms. The quantitative estimate of drug-likeness (QED) is 0.831. The topological polar surface area (TPSA) is 57.7 Å². The Morgan fingerprint density at radius 1 is 1.19 bits per heavy atom. The van der Waals surface area contributed by atoms with Gasteiger partial charge >= 0.3 is 0 Å². The second-order valence-corrected chi connectivity index (χ2v) is 7.27. The number of hydrogen-bond acceptors (Lipinski definition) is 3. The second kappa shape index (κ2) is 6.15. The van der Waals surface area contributed by atoms with E-state index in [-0.39, 0.29) is 11.8 Å². The lowest BCUT2D eigenvalue weighted by Crippen LogP contribution is -2.30. The van der Waals surface area contributed by atoms with Crippen LogP contribution in [0, 0.1) is 0 Å². The predicted molar refractivity (Wildman–Crippen MR) is 81.5 cm³/mol. The molecule has 6 heteroatoms. The van der Waals surface area contributed by atoms with Crippen molar-refractivity contribution in [3.8, 4) is 0 Å². The highest BCUT2D eigenvalue weighted by Gasteiger charge is 2.28. The van der Waals surface area contributed by atoms with Gasteiger partial charge in [-0.3, -0.25) is 4.79 Å². The van der Waals surface area contributed by atoms with Gasteiger partial charge in [-0.1, -0.05) is 26.0 Å². The fourth-order valence-electron chi connectivity index (χ4n) is 2.71. The Morgan fingerprint density at radius 3 is 2.19 bits per heavy atom. The van der Waals surface area contributed by atoms with Crippen molar-refractivity contribution < 1.29 is 13.2 Å². The number of rotatable bonds is 5. The molecule has 1 aromatic rings. The second-order valence-electron chi connectivity index (χ2n) is 5.33. The molecule has 1 atom stereocenters. The smallest absolute Gasteiger partial charge is 0.243 e. The van der Waals surface area contributed by atoms with Crippen LogP contribution in [0.2, 0.25) is 0 Å². The molecule has 0 aromatic heterocycles. The van der Waals surface area contributed by atoms with Crippen LogP contribution in [0.3, 0.4) is 0 Å². The first-order chi connectivity index (χ1) is 9.90. The summed E-state index contributed by atoms with van der Waals surface area (Å²) in [5.41, 5.74) is 1.02. The lowest BCUT2D eigenvalue weighted by molar-refractivity contribution is -0.126. The van der Waals surface area contributed by atoms with Crippen LogP contribution < -0.4 is 0 Å². The Bertz CT molecular complexity index is 606. The third-order valence-electron chi connectivity index (χ3n) is 4.04. The Hall–Kier alpha value is -1.40. The molecule has 0 radical (unpaired) electrons. The lowest BCUT2D eigenvalue weighted by Gasteiger charge is -2.19. The first-order valence-corrected chi connectivity index (χ1v) is 8.68. The number of carbonyl (C=O) groups excluding carboxylic acids is 1. The van der Waals surface area contributed by atoms with E-state index in [2.05, 4.69) is 0 Å². The fourth-order valence-corrected chi connectivity index (χ4v) is 4.17. The minimum atomic E-state index is -3.41. The van der Waals surface area contributed by atoms with E-state index >= 15 is 0 Å². The van der Waals surface area contributed by atoms with Crippen LogP contribution in [0.5, 0.6) is 0 Å². The van der Waals surface area contributed by atoms with Crippen molar-refractivity contribution in [2.24, 2.45) is 0 Å². The molecule has 1 aliphatic rings. The average Bonchev–Trinajstić information content (AvgIpc) is 2.80. The average molecular weight is 310 g/mol. The summed E-state index contributed by atoms with van der Waals surface area (Å²) in [7, 11) is -1.61. The normalized spacial score (nSPS) is 19.5. The van der Waals surface area contributed by atoms with Gasteiger partial charge in [0.15, 0.2) is 0 Å². The maximum absolute atomic E-state index is 12.4. The summed E-state index contributed by atoms with van der Waals surface area (Å²) in [5, 5.41) is 0. The van der Waals surface area contributed by atoms with Crippen molar-refractivity contribution in [3.05, 3.63) is 29.8 Å². The molecule has 5 nitrogen and oxygen atoms in total. The minimum Gasteiger partial charge on any atom is -0.345 e. The van der Waals surface area contributed by atoms with Gasteiger partial charge in [-0.25, -0.2) is 8.42 Å². The number of likely N-dealkylation sites (tertiary alicyclic amines) is 1. The van der Waals surface area contributed by atoms with Crippen molar-refractivity contribution >= 4 is 15.9 Å². The van der Waals surface area contributed by atoms with E-state index in [1.807, 2.05) is 26.0 Å². The Balaban J connectivity index is 2.22. The molecule has 1 aliphatic heterocycles. The monoisotopic (exact) mass is 310 g/mol. The summed E-state index contributed by atoms with van der Waals surface area (Å²) >= 11 is 0. The van der Waals surface area contributed by atoms with Crippen LogP contribution in [0.1, 0.15) is 31.7 Å². The highest BCUT2D eigenvalue weighted by Crippen LogP contribution is 2.28. The molecule has 1 aromatic carbocycles. The summed E-state index contributed by atoms with van der Waals surface area (Å²) < 4.78 is 26.2. The van der Waals surface area contributed by atoms with Crippen molar-refractivity contribution in [1.29, 1.82) is 0 Å². The van der Waals surface area contributed by atoms with Gasteiger partial charge in [-0.15, -0.1) is 0 Å². The predicted octanol–water partition coefficient (Wildman–Crippen LogP) is 1.66. The van der Waals surface area contributed by atoms with Crippen LogP contribution in [0.25, 0.3) is 0 Å². The van der Waals surface area contributed by atoms with Gasteiger partial charge in [0.1, 0.15) is 0 Å². The molecule has 116 valence electrons. The van der Waals surface area contributed by atoms with E-state index in [0.717, 1.165) is 5.56 Å². The van der Waals surface area contributed by atoms with Crippen LogP contribution in [0.4, 0.5) is 0 Å². The van der Waals surface area contributed by atoms with E-state index in [1.54, 1.807) is 24.1 Å². The molecule has 2 rings (SSSR count). The third-order valence-corrected chi connectivity index (χ3v) is 6.10. The molecule has 1 saturated heterocycles. The molecule has 0 aliphatic carbocycles. The first-order valence-electron chi connectivity index (χ1n) is 7.24. The molecule has 1 heterocycles. The zero-order valence-electron chi connectivity index (χ0n) is 12.7. The highest BCUT2D eigenvalue weighted by molar-refractivity contribution is 7.89. The van der Waals surface area contributed by atoms with Crippen molar-refractivity contribution in [2.45, 2.75) is 31.1 Å². The third kappa shape index (κ3) is 3.11. The molecular formula is C15H22N2O3S. The molecule has 0 N–H and O–H groups in total. The Morgan fingerprint density at radius 2 is 1.76 bits per heavy atom. The van der Waals surface area contributed by atoms with Gasteiger partial charge < -0.3 is 4.90 Å². The summed E-state index contributed by atoms with van der Waals surface area (Å²) in [6.45, 7) is 5.27. The number of amides is 1. The number of benzene rings is 1. The lowest BCUT2D eigenvalue weighted by atomic mass is 9.98. The first kappa shape index (κ1) is 16.0. The molecule has 1 fully saturated rings. The van der Waals surface area contributed by atoms with Crippen LogP contribution in [0.15, 0.2) is 29.2 Å². The van der Waals surface area contributed by atoms with E-state index < -0.39 is 10.0 Å². The van der Waals surface area contributed by atoms with Gasteiger partial charge in [0.05, 0.1) is 4.90 Å². The SMILES string of the molecule is CCN(CC)S(=O)(=O)c1ccc(C2CC(=O)N(C)C2)cc1. The minimum absolute atomic E-state index is 0.139. The van der Waals surface area contributed by atoms with Gasteiger partial charge in [0, 0.05) is 39.0 Å². The Labute approximate surface area is 126 Å². The summed E-state index contributed by atoms with van der Waals surface area (Å²) in [4.78, 5) is 13.6. The van der Waals surface area contributed by atoms with Crippen LogP contribution in [-0.4, -0.2) is 50.2 Å². The van der Waals surface area contributed by atoms with Crippen molar-refractivity contribution in [3.63, 3.8) is 0 Å². The fraction of sp³-hybridized carbons (Fsp3) is 0.533. The van der Waals surface area contributed by atoms with E-state index in [1.165, 1.54) is 4.31 Å². The largest absolute Gasteiger partial charge is 0.345 e. The zero-order valence-corrected chi connectivity index (χ0v) is 13.6. The number of hydrogen-bond donors (Lipinski definition) is 0. The van der Waals surface area contributed by atoms with Crippen LogP contribution >= 0.6 is 0 Å². The summed E-state index contributed by atoms with van der Waals surface area (Å²) in [5.74, 6) is 0.299. The van der Waals surface area contributed by atoms with Crippen molar-refractivity contribution in [1.82, 2.24) is 9.21 Å². The number of carbonyl (C=O) groups is 1. The van der Waals surface area contributed by atoms with Crippen LogP contribution in [-0.2, 0) is 14.8 Å². The van der Waals surface area contributed by atoms with E-state index in [4.69, 9.17) is 0 Å². The highest BCUT2D eigenvalue weighted by atomic mass is 32.2.